The maximum absolute atomic E-state index is 12.9. The molecule has 7 heteroatoms. The molecule has 0 aromatic heterocycles. The Morgan fingerprint density at radius 2 is 1.79 bits per heavy atom. The minimum atomic E-state index is -3.70. The van der Waals surface area contributed by atoms with Crippen LogP contribution < -0.4 is 5.32 Å². The predicted molar refractivity (Wildman–Crippen MR) is 113 cm³/mol. The molecule has 2 aromatic rings. The third kappa shape index (κ3) is 5.67. The monoisotopic (exact) mass is 420 g/mol. The van der Waals surface area contributed by atoms with Gasteiger partial charge in [0.2, 0.25) is 10.0 Å². The van der Waals surface area contributed by atoms with E-state index >= 15 is 0 Å². The number of hydrogen-bond acceptors (Lipinski definition) is 3. The van der Waals surface area contributed by atoms with Crippen LogP contribution in [-0.4, -0.2) is 31.2 Å². The SMILES string of the molecule is C=CCN(Cc1ccc(C(=O)NC(C)CC)cc1)S(=O)(=O)c1ccc(Cl)cc1. The van der Waals surface area contributed by atoms with Gasteiger partial charge < -0.3 is 5.32 Å². The van der Waals surface area contributed by atoms with Gasteiger partial charge in [-0.25, -0.2) is 8.42 Å². The van der Waals surface area contributed by atoms with Gasteiger partial charge in [-0.2, -0.15) is 4.31 Å². The fourth-order valence-electron chi connectivity index (χ4n) is 2.52. The third-order valence-corrected chi connectivity index (χ3v) is 6.43. The zero-order chi connectivity index (χ0) is 20.7. The Morgan fingerprint density at radius 3 is 2.32 bits per heavy atom. The van der Waals surface area contributed by atoms with E-state index in [1.807, 2.05) is 13.8 Å². The largest absolute Gasteiger partial charge is 0.350 e. The van der Waals surface area contributed by atoms with Gasteiger partial charge in [-0.05, 0) is 55.3 Å². The highest BCUT2D eigenvalue weighted by molar-refractivity contribution is 7.89. The normalized spacial score (nSPS) is 12.6. The van der Waals surface area contributed by atoms with Crippen LogP contribution in [0.4, 0.5) is 0 Å². The van der Waals surface area contributed by atoms with E-state index in [-0.39, 0.29) is 29.9 Å². The Labute approximate surface area is 172 Å². The Bertz CT molecular complexity index is 910. The maximum Gasteiger partial charge on any atom is 0.251 e. The van der Waals surface area contributed by atoms with Gasteiger partial charge in [0.1, 0.15) is 0 Å². The van der Waals surface area contributed by atoms with E-state index in [0.717, 1.165) is 12.0 Å². The van der Waals surface area contributed by atoms with Crippen LogP contribution in [-0.2, 0) is 16.6 Å². The van der Waals surface area contributed by atoms with Crippen LogP contribution in [0.25, 0.3) is 0 Å². The molecule has 28 heavy (non-hydrogen) atoms. The zero-order valence-electron chi connectivity index (χ0n) is 16.1. The number of carbonyl (C=O) groups excluding carboxylic acids is 1. The standard InChI is InChI=1S/C21H25ClN2O3S/c1-4-14-24(28(26,27)20-12-10-19(22)11-13-20)15-17-6-8-18(9-7-17)21(25)23-16(3)5-2/h4,6-13,16H,1,5,14-15H2,2-3H3,(H,23,25). The summed E-state index contributed by atoms with van der Waals surface area (Å²) in [5.74, 6) is -0.141. The summed E-state index contributed by atoms with van der Waals surface area (Å²) in [4.78, 5) is 12.4. The number of hydrogen-bond donors (Lipinski definition) is 1. The second-order valence-corrected chi connectivity index (χ2v) is 8.89. The van der Waals surface area contributed by atoms with Gasteiger partial charge in [0, 0.05) is 29.7 Å². The van der Waals surface area contributed by atoms with Crippen molar-refractivity contribution in [1.82, 2.24) is 9.62 Å². The minimum absolute atomic E-state index is 0.0970. The van der Waals surface area contributed by atoms with Gasteiger partial charge in [0.25, 0.3) is 5.91 Å². The molecule has 2 aromatic carbocycles. The molecule has 0 saturated carbocycles. The molecule has 0 bridgehead atoms. The van der Waals surface area contributed by atoms with Crippen LogP contribution in [0.2, 0.25) is 5.02 Å². The van der Waals surface area contributed by atoms with E-state index in [9.17, 15) is 13.2 Å². The number of nitrogens with zero attached hydrogens (tertiary/aromatic N) is 1. The Hall–Kier alpha value is -2.15. The molecular formula is C21H25ClN2O3S. The lowest BCUT2D eigenvalue weighted by atomic mass is 10.1. The van der Waals surface area contributed by atoms with E-state index in [1.54, 1.807) is 42.5 Å². The summed E-state index contributed by atoms with van der Waals surface area (Å²) in [5.41, 5.74) is 1.32. The van der Waals surface area contributed by atoms with Crippen molar-refractivity contribution in [2.75, 3.05) is 6.54 Å². The lowest BCUT2D eigenvalue weighted by Crippen LogP contribution is -2.32. The van der Waals surface area contributed by atoms with E-state index in [0.29, 0.717) is 10.6 Å². The number of halogens is 1. The van der Waals surface area contributed by atoms with E-state index in [2.05, 4.69) is 11.9 Å². The molecule has 1 amide bonds. The van der Waals surface area contributed by atoms with Gasteiger partial charge in [0.05, 0.1) is 4.90 Å². The molecule has 5 nitrogen and oxygen atoms in total. The smallest absolute Gasteiger partial charge is 0.251 e. The van der Waals surface area contributed by atoms with Crippen LogP contribution in [0.15, 0.2) is 66.1 Å². The van der Waals surface area contributed by atoms with Crippen LogP contribution in [0.5, 0.6) is 0 Å². The molecule has 0 aliphatic heterocycles. The first-order chi connectivity index (χ1) is 13.3. The summed E-state index contributed by atoms with van der Waals surface area (Å²) in [6.45, 7) is 7.94. The first-order valence-corrected chi connectivity index (χ1v) is 10.9. The molecule has 150 valence electrons. The average Bonchev–Trinajstić information content (AvgIpc) is 2.68. The second kappa shape index (κ2) is 9.87. The van der Waals surface area contributed by atoms with Crippen molar-refractivity contribution in [3.05, 3.63) is 77.3 Å². The van der Waals surface area contributed by atoms with Crippen molar-refractivity contribution in [3.63, 3.8) is 0 Å². The number of benzene rings is 2. The first kappa shape index (κ1) is 22.1. The van der Waals surface area contributed by atoms with Crippen LogP contribution >= 0.6 is 11.6 Å². The Balaban J connectivity index is 2.19. The van der Waals surface area contributed by atoms with E-state index in [4.69, 9.17) is 11.6 Å². The summed E-state index contributed by atoms with van der Waals surface area (Å²) in [7, 11) is -3.70. The first-order valence-electron chi connectivity index (χ1n) is 9.04. The number of carbonyl (C=O) groups is 1. The van der Waals surface area contributed by atoms with Crippen molar-refractivity contribution < 1.29 is 13.2 Å². The van der Waals surface area contributed by atoms with Crippen LogP contribution in [0, 0.1) is 0 Å². The molecule has 1 unspecified atom stereocenters. The number of amides is 1. The van der Waals surface area contributed by atoms with Gasteiger partial charge >= 0.3 is 0 Å². The molecule has 0 aliphatic rings. The fraction of sp³-hybridized carbons (Fsp3) is 0.286. The lowest BCUT2D eigenvalue weighted by Gasteiger charge is -2.21. The number of sulfonamides is 1. The van der Waals surface area contributed by atoms with Gasteiger partial charge in [-0.3, -0.25) is 4.79 Å². The van der Waals surface area contributed by atoms with Crippen molar-refractivity contribution in [1.29, 1.82) is 0 Å². The summed E-state index contributed by atoms with van der Waals surface area (Å²) in [6.07, 6.45) is 2.39. The topological polar surface area (TPSA) is 66.5 Å². The predicted octanol–water partition coefficient (Wildman–Crippen LogP) is 4.25. The van der Waals surface area contributed by atoms with Gasteiger partial charge in [-0.1, -0.05) is 36.7 Å². The molecule has 0 fully saturated rings. The molecule has 1 atom stereocenters. The Morgan fingerprint density at radius 1 is 1.18 bits per heavy atom. The zero-order valence-corrected chi connectivity index (χ0v) is 17.6. The second-order valence-electron chi connectivity index (χ2n) is 6.52. The van der Waals surface area contributed by atoms with Crippen molar-refractivity contribution in [2.24, 2.45) is 0 Å². The molecule has 1 N–H and O–H groups in total. The minimum Gasteiger partial charge on any atom is -0.350 e. The lowest BCUT2D eigenvalue weighted by molar-refractivity contribution is 0.0939. The third-order valence-electron chi connectivity index (χ3n) is 4.35. The Kier molecular flexibility index (Phi) is 7.80. The van der Waals surface area contributed by atoms with Crippen LogP contribution in [0.3, 0.4) is 0 Å². The quantitative estimate of drug-likeness (QED) is 0.617. The summed E-state index contributed by atoms with van der Waals surface area (Å²) in [5, 5.41) is 3.38. The van der Waals surface area contributed by atoms with E-state index in [1.165, 1.54) is 16.4 Å². The summed E-state index contributed by atoms with van der Waals surface area (Å²) < 4.78 is 27.2. The van der Waals surface area contributed by atoms with Crippen molar-refractivity contribution >= 4 is 27.5 Å². The van der Waals surface area contributed by atoms with Gasteiger partial charge in [0.15, 0.2) is 0 Å². The molecule has 0 radical (unpaired) electrons. The molecule has 0 spiro atoms. The van der Waals surface area contributed by atoms with Crippen molar-refractivity contribution in [2.45, 2.75) is 37.8 Å². The molecule has 0 aliphatic carbocycles. The molecule has 2 rings (SSSR count). The highest BCUT2D eigenvalue weighted by atomic mass is 35.5. The molecule has 0 saturated heterocycles. The van der Waals surface area contributed by atoms with Gasteiger partial charge in [-0.15, -0.1) is 6.58 Å². The summed E-state index contributed by atoms with van der Waals surface area (Å²) in [6, 6.07) is 13.1. The van der Waals surface area contributed by atoms with E-state index < -0.39 is 10.0 Å². The molecule has 0 heterocycles. The molecular weight excluding hydrogens is 396 g/mol. The van der Waals surface area contributed by atoms with Crippen LogP contribution in [0.1, 0.15) is 36.2 Å². The summed E-state index contributed by atoms with van der Waals surface area (Å²) >= 11 is 5.86. The maximum atomic E-state index is 12.9. The number of nitrogens with one attached hydrogen (secondary N) is 1. The highest BCUT2D eigenvalue weighted by Gasteiger charge is 2.23. The fourth-order valence-corrected chi connectivity index (χ4v) is 4.05. The average molecular weight is 421 g/mol. The highest BCUT2D eigenvalue weighted by Crippen LogP contribution is 2.20. The number of rotatable bonds is 9. The van der Waals surface area contributed by atoms with Crippen molar-refractivity contribution in [3.8, 4) is 0 Å².